The highest BCUT2D eigenvalue weighted by atomic mass is 19.1. The topological polar surface area (TPSA) is 54.8 Å². The number of ether oxygens (including phenoxy) is 2. The zero-order chi connectivity index (χ0) is 20.2. The van der Waals surface area contributed by atoms with E-state index >= 15 is 0 Å². The van der Waals surface area contributed by atoms with Crippen LogP contribution in [0.2, 0.25) is 0 Å². The molecule has 0 spiro atoms. The Morgan fingerprint density at radius 3 is 2.86 bits per heavy atom. The van der Waals surface area contributed by atoms with Crippen molar-refractivity contribution < 1.29 is 19.0 Å². The van der Waals surface area contributed by atoms with Crippen LogP contribution in [0.5, 0.6) is 11.5 Å². The number of nitrogens with zero attached hydrogens (tertiary/aromatic N) is 2. The third kappa shape index (κ3) is 4.39. The monoisotopic (exact) mass is 394 g/mol. The van der Waals surface area contributed by atoms with Crippen LogP contribution in [0.25, 0.3) is 0 Å². The highest BCUT2D eigenvalue weighted by Crippen LogP contribution is 2.30. The van der Waals surface area contributed by atoms with Crippen molar-refractivity contribution in [3.8, 4) is 11.5 Å². The molecule has 0 saturated carbocycles. The molecule has 0 radical (unpaired) electrons. The highest BCUT2D eigenvalue weighted by molar-refractivity contribution is 5.41. The number of pyridine rings is 1. The maximum Gasteiger partial charge on any atom is 0.131 e. The molecule has 2 aromatic carbocycles. The van der Waals surface area contributed by atoms with E-state index < -0.39 is 6.10 Å². The van der Waals surface area contributed by atoms with Gasteiger partial charge in [0.2, 0.25) is 0 Å². The summed E-state index contributed by atoms with van der Waals surface area (Å²) in [6, 6.07) is 14.3. The highest BCUT2D eigenvalue weighted by Gasteiger charge is 2.19. The minimum absolute atomic E-state index is 0.282. The van der Waals surface area contributed by atoms with Crippen molar-refractivity contribution in [2.75, 3.05) is 20.3 Å². The van der Waals surface area contributed by atoms with Gasteiger partial charge < -0.3 is 14.6 Å². The Morgan fingerprint density at radius 2 is 2.10 bits per heavy atom. The van der Waals surface area contributed by atoms with Crippen molar-refractivity contribution >= 4 is 0 Å². The van der Waals surface area contributed by atoms with Crippen LogP contribution >= 0.6 is 0 Å². The van der Waals surface area contributed by atoms with Crippen LogP contribution in [0, 0.1) is 5.82 Å². The van der Waals surface area contributed by atoms with Gasteiger partial charge in [-0.1, -0.05) is 18.2 Å². The Balaban J connectivity index is 1.55. The molecule has 5 nitrogen and oxygen atoms in total. The summed E-state index contributed by atoms with van der Waals surface area (Å²) in [7, 11) is 1.52. The predicted molar refractivity (Wildman–Crippen MR) is 107 cm³/mol. The van der Waals surface area contributed by atoms with Crippen LogP contribution in [-0.2, 0) is 13.1 Å². The number of benzene rings is 2. The van der Waals surface area contributed by atoms with Gasteiger partial charge in [-0.2, -0.15) is 0 Å². The van der Waals surface area contributed by atoms with E-state index in [9.17, 15) is 9.50 Å². The fourth-order valence-electron chi connectivity index (χ4n) is 3.53. The van der Waals surface area contributed by atoms with Crippen LogP contribution < -0.4 is 9.47 Å². The van der Waals surface area contributed by atoms with Gasteiger partial charge in [-0.15, -0.1) is 0 Å². The van der Waals surface area contributed by atoms with E-state index in [-0.39, 0.29) is 5.82 Å². The van der Waals surface area contributed by atoms with Crippen LogP contribution in [0.15, 0.2) is 60.9 Å². The third-order valence-corrected chi connectivity index (χ3v) is 5.11. The molecule has 6 heteroatoms. The Morgan fingerprint density at radius 1 is 1.21 bits per heavy atom. The number of aromatic nitrogens is 1. The van der Waals surface area contributed by atoms with Gasteiger partial charge in [0, 0.05) is 54.8 Å². The van der Waals surface area contributed by atoms with Crippen molar-refractivity contribution in [2.24, 2.45) is 0 Å². The van der Waals surface area contributed by atoms with Gasteiger partial charge in [0.05, 0.1) is 7.11 Å². The summed E-state index contributed by atoms with van der Waals surface area (Å²) in [5.41, 5.74) is 3.09. The number of fused-ring (bicyclic) bond motifs is 1. The molecule has 1 aromatic heterocycles. The minimum atomic E-state index is -0.760. The molecule has 150 valence electrons. The molecule has 3 aromatic rings. The molecule has 29 heavy (non-hydrogen) atoms. The van der Waals surface area contributed by atoms with Crippen molar-refractivity contribution in [2.45, 2.75) is 19.2 Å². The first-order valence-electron chi connectivity index (χ1n) is 9.52. The van der Waals surface area contributed by atoms with Crippen LogP contribution in [0.1, 0.15) is 28.4 Å². The van der Waals surface area contributed by atoms with E-state index in [1.54, 1.807) is 30.6 Å². The van der Waals surface area contributed by atoms with Gasteiger partial charge in [-0.25, -0.2) is 4.39 Å². The van der Waals surface area contributed by atoms with Gasteiger partial charge in [0.25, 0.3) is 0 Å². The maximum atomic E-state index is 14.4. The van der Waals surface area contributed by atoms with Crippen LogP contribution in [-0.4, -0.2) is 35.3 Å². The zero-order valence-corrected chi connectivity index (χ0v) is 16.2. The Labute approximate surface area is 169 Å². The smallest absolute Gasteiger partial charge is 0.131 e. The average Bonchev–Trinajstić information content (AvgIpc) is 2.96. The molecular weight excluding hydrogens is 371 g/mol. The van der Waals surface area contributed by atoms with E-state index in [1.165, 1.54) is 13.2 Å². The summed E-state index contributed by atoms with van der Waals surface area (Å²) in [6.45, 7) is 2.28. The molecule has 0 amide bonds. The first-order valence-corrected chi connectivity index (χ1v) is 9.52. The second-order valence-electron chi connectivity index (χ2n) is 7.07. The van der Waals surface area contributed by atoms with Crippen molar-refractivity contribution in [3.63, 3.8) is 0 Å². The summed E-state index contributed by atoms with van der Waals surface area (Å²) in [5.74, 6) is 1.02. The minimum Gasteiger partial charge on any atom is -0.497 e. The molecule has 1 aliphatic rings. The van der Waals surface area contributed by atoms with Crippen molar-refractivity contribution in [1.82, 2.24) is 9.88 Å². The molecule has 2 heterocycles. The van der Waals surface area contributed by atoms with Gasteiger partial charge in [-0.05, 0) is 29.8 Å². The molecule has 1 aliphatic heterocycles. The molecule has 1 N–H and O–H groups in total. The molecule has 1 unspecified atom stereocenters. The number of hydrogen-bond donors (Lipinski definition) is 1. The Kier molecular flexibility index (Phi) is 5.74. The Bertz CT molecular complexity index is 981. The number of aliphatic hydroxyl groups excluding tert-OH is 1. The number of rotatable bonds is 5. The van der Waals surface area contributed by atoms with E-state index in [4.69, 9.17) is 9.47 Å². The molecule has 4 rings (SSSR count). The zero-order valence-electron chi connectivity index (χ0n) is 16.2. The summed E-state index contributed by atoms with van der Waals surface area (Å²) >= 11 is 0. The molecule has 0 aliphatic carbocycles. The normalized spacial score (nSPS) is 15.1. The number of aliphatic hydroxyl groups is 1. The standard InChI is InChI=1S/C23H23FN2O3/c1-28-20-6-4-18(21(24)12-20)14-26-9-10-29-22-7-5-16(11-19(22)15-26)23(27)17-3-2-8-25-13-17/h2-8,11-13,23,27H,9-10,14-15H2,1H3. The summed E-state index contributed by atoms with van der Waals surface area (Å²) < 4.78 is 25.3. The fourth-order valence-corrected chi connectivity index (χ4v) is 3.53. The first-order chi connectivity index (χ1) is 14.1. The third-order valence-electron chi connectivity index (χ3n) is 5.11. The first kappa shape index (κ1) is 19.4. The molecule has 0 fully saturated rings. The Hall–Kier alpha value is -2.96. The van der Waals surface area contributed by atoms with Gasteiger partial charge in [0.15, 0.2) is 0 Å². The summed E-state index contributed by atoms with van der Waals surface area (Å²) in [5, 5.41) is 10.7. The quantitative estimate of drug-likeness (QED) is 0.715. The van der Waals surface area contributed by atoms with Gasteiger partial charge in [-0.3, -0.25) is 9.88 Å². The predicted octanol–water partition coefficient (Wildman–Crippen LogP) is 3.71. The van der Waals surface area contributed by atoms with E-state index in [0.29, 0.717) is 37.6 Å². The molecule has 0 saturated heterocycles. The SMILES string of the molecule is COc1ccc(CN2CCOc3ccc(C(O)c4cccnc4)cc3C2)c(F)c1. The molecule has 1 atom stereocenters. The van der Waals surface area contributed by atoms with E-state index in [1.807, 2.05) is 24.3 Å². The largest absolute Gasteiger partial charge is 0.497 e. The van der Waals surface area contributed by atoms with Crippen molar-refractivity contribution in [3.05, 3.63) is 89.0 Å². The number of hydrogen-bond acceptors (Lipinski definition) is 5. The summed E-state index contributed by atoms with van der Waals surface area (Å²) in [6.07, 6.45) is 2.58. The average molecular weight is 394 g/mol. The van der Waals surface area contributed by atoms with Crippen LogP contribution in [0.4, 0.5) is 4.39 Å². The van der Waals surface area contributed by atoms with E-state index in [0.717, 1.165) is 22.4 Å². The van der Waals surface area contributed by atoms with Gasteiger partial charge in [0.1, 0.15) is 30.0 Å². The second-order valence-corrected chi connectivity index (χ2v) is 7.07. The second kappa shape index (κ2) is 8.59. The summed E-state index contributed by atoms with van der Waals surface area (Å²) in [4.78, 5) is 6.21. The fraction of sp³-hybridized carbons (Fsp3) is 0.261. The van der Waals surface area contributed by atoms with Crippen molar-refractivity contribution in [1.29, 1.82) is 0 Å². The van der Waals surface area contributed by atoms with Crippen LogP contribution in [0.3, 0.4) is 0 Å². The molecular formula is C23H23FN2O3. The number of methoxy groups -OCH3 is 1. The maximum absolute atomic E-state index is 14.4. The lowest BCUT2D eigenvalue weighted by Gasteiger charge is -2.20. The lowest BCUT2D eigenvalue weighted by molar-refractivity contribution is 0.217. The van der Waals surface area contributed by atoms with Gasteiger partial charge >= 0.3 is 0 Å². The molecule has 0 bridgehead atoms. The number of halogens is 1. The lowest BCUT2D eigenvalue weighted by atomic mass is 10.00. The van der Waals surface area contributed by atoms with E-state index in [2.05, 4.69) is 9.88 Å². The lowest BCUT2D eigenvalue weighted by Crippen LogP contribution is -2.25.